The van der Waals surface area contributed by atoms with Crippen LogP contribution in [0, 0.1) is 5.92 Å². The van der Waals surface area contributed by atoms with Gasteiger partial charge in [0, 0.05) is 25.1 Å². The Morgan fingerprint density at radius 2 is 2.05 bits per heavy atom. The molecule has 4 nitrogen and oxygen atoms in total. The summed E-state index contributed by atoms with van der Waals surface area (Å²) in [6.07, 6.45) is 1.75. The van der Waals surface area contributed by atoms with Gasteiger partial charge in [-0.05, 0) is 30.4 Å². The summed E-state index contributed by atoms with van der Waals surface area (Å²) in [5.74, 6) is -0.376. The fourth-order valence-corrected chi connectivity index (χ4v) is 2.56. The monoisotopic (exact) mass is 261 g/mol. The summed E-state index contributed by atoms with van der Waals surface area (Å²) in [5.41, 5.74) is 2.19. The van der Waals surface area contributed by atoms with Crippen LogP contribution < -0.4 is 4.90 Å². The maximum atomic E-state index is 12.2. The predicted molar refractivity (Wildman–Crippen MR) is 73.1 cm³/mol. The highest BCUT2D eigenvalue weighted by atomic mass is 16.4. The molecule has 0 bridgehead atoms. The third-order valence-electron chi connectivity index (χ3n) is 3.43. The van der Waals surface area contributed by atoms with E-state index >= 15 is 0 Å². The second kappa shape index (κ2) is 5.87. The van der Waals surface area contributed by atoms with E-state index in [-0.39, 0.29) is 12.3 Å². The largest absolute Gasteiger partial charge is 0.481 e. The first-order valence-corrected chi connectivity index (χ1v) is 6.68. The van der Waals surface area contributed by atoms with E-state index in [2.05, 4.69) is 13.0 Å². The van der Waals surface area contributed by atoms with E-state index in [4.69, 9.17) is 5.11 Å². The number of amides is 1. The molecule has 1 heterocycles. The maximum absolute atomic E-state index is 12.2. The van der Waals surface area contributed by atoms with Crippen molar-refractivity contribution in [2.45, 2.75) is 32.6 Å². The lowest BCUT2D eigenvalue weighted by atomic mass is 9.93. The van der Waals surface area contributed by atoms with Crippen LogP contribution in [0.15, 0.2) is 24.3 Å². The summed E-state index contributed by atoms with van der Waals surface area (Å²) in [6.45, 7) is 2.86. The van der Waals surface area contributed by atoms with E-state index in [1.54, 1.807) is 0 Å². The molecular weight excluding hydrogens is 242 g/mol. The van der Waals surface area contributed by atoms with Gasteiger partial charge in [0.1, 0.15) is 0 Å². The van der Waals surface area contributed by atoms with Crippen LogP contribution in [0.4, 0.5) is 5.69 Å². The van der Waals surface area contributed by atoms with Crippen molar-refractivity contribution in [2.75, 3.05) is 11.4 Å². The summed E-state index contributed by atoms with van der Waals surface area (Å²) >= 11 is 0. The second-order valence-electron chi connectivity index (χ2n) is 5.19. The van der Waals surface area contributed by atoms with Crippen molar-refractivity contribution in [1.29, 1.82) is 0 Å². The number of hydrogen-bond donors (Lipinski definition) is 1. The van der Waals surface area contributed by atoms with E-state index in [1.807, 2.05) is 23.1 Å². The summed E-state index contributed by atoms with van der Waals surface area (Å²) < 4.78 is 0. The Balaban J connectivity index is 2.07. The number of aliphatic carboxylic acids is 1. The first-order valence-electron chi connectivity index (χ1n) is 6.68. The zero-order valence-electron chi connectivity index (χ0n) is 11.1. The van der Waals surface area contributed by atoms with Gasteiger partial charge in [-0.15, -0.1) is 0 Å². The molecule has 102 valence electrons. The molecule has 1 aliphatic heterocycles. The van der Waals surface area contributed by atoms with Crippen molar-refractivity contribution < 1.29 is 14.7 Å². The van der Waals surface area contributed by atoms with E-state index < -0.39 is 5.97 Å². The van der Waals surface area contributed by atoms with Gasteiger partial charge in [-0.25, -0.2) is 0 Å². The van der Waals surface area contributed by atoms with Crippen molar-refractivity contribution in [3.05, 3.63) is 29.8 Å². The Kier molecular flexibility index (Phi) is 4.20. The highest BCUT2D eigenvalue weighted by Gasteiger charge is 2.25. The number of benzene rings is 1. The van der Waals surface area contributed by atoms with E-state index in [0.717, 1.165) is 18.7 Å². The number of carbonyl (C=O) groups is 2. The molecule has 0 radical (unpaired) electrons. The van der Waals surface area contributed by atoms with Crippen molar-refractivity contribution in [3.8, 4) is 0 Å². The molecule has 1 unspecified atom stereocenters. The summed E-state index contributed by atoms with van der Waals surface area (Å²) in [6, 6.07) is 7.95. The van der Waals surface area contributed by atoms with Gasteiger partial charge in [-0.1, -0.05) is 25.1 Å². The van der Waals surface area contributed by atoms with Crippen LogP contribution in [-0.2, 0) is 16.0 Å². The number of para-hydroxylation sites is 1. The Morgan fingerprint density at radius 3 is 2.79 bits per heavy atom. The highest BCUT2D eigenvalue weighted by Crippen LogP contribution is 2.29. The Morgan fingerprint density at radius 1 is 1.32 bits per heavy atom. The zero-order chi connectivity index (χ0) is 13.8. The van der Waals surface area contributed by atoms with E-state index in [9.17, 15) is 9.59 Å². The standard InChI is InChI=1S/C15H19NO3/c1-11-9-12-5-2-3-6-13(12)16(10-11)14(17)7-4-8-15(18)19/h2-3,5-6,11H,4,7-10H2,1H3,(H,18,19). The van der Waals surface area contributed by atoms with Gasteiger partial charge in [0.25, 0.3) is 0 Å². The predicted octanol–water partition coefficient (Wildman–Crippen LogP) is 2.47. The summed E-state index contributed by atoms with van der Waals surface area (Å²) in [5, 5.41) is 8.61. The maximum Gasteiger partial charge on any atom is 0.303 e. The number of nitrogens with zero attached hydrogens (tertiary/aromatic N) is 1. The van der Waals surface area contributed by atoms with Gasteiger partial charge in [0.2, 0.25) is 5.91 Å². The first kappa shape index (κ1) is 13.6. The average molecular weight is 261 g/mol. The van der Waals surface area contributed by atoms with Crippen LogP contribution in [-0.4, -0.2) is 23.5 Å². The van der Waals surface area contributed by atoms with Crippen LogP contribution in [0.5, 0.6) is 0 Å². The number of carboxylic acids is 1. The van der Waals surface area contributed by atoms with Crippen molar-refractivity contribution in [2.24, 2.45) is 5.92 Å². The van der Waals surface area contributed by atoms with Crippen LogP contribution in [0.2, 0.25) is 0 Å². The SMILES string of the molecule is CC1Cc2ccccc2N(C(=O)CCCC(=O)O)C1. The average Bonchev–Trinajstić information content (AvgIpc) is 2.37. The topological polar surface area (TPSA) is 57.6 Å². The van der Waals surface area contributed by atoms with Gasteiger partial charge in [0.15, 0.2) is 0 Å². The molecular formula is C15H19NO3. The molecule has 1 amide bonds. The Bertz CT molecular complexity index is 484. The third kappa shape index (κ3) is 3.34. The number of hydrogen-bond acceptors (Lipinski definition) is 2. The van der Waals surface area contributed by atoms with Gasteiger partial charge < -0.3 is 10.0 Å². The lowest BCUT2D eigenvalue weighted by molar-refractivity contribution is -0.137. The molecule has 0 saturated heterocycles. The van der Waals surface area contributed by atoms with E-state index in [0.29, 0.717) is 18.8 Å². The van der Waals surface area contributed by atoms with Crippen LogP contribution in [0.3, 0.4) is 0 Å². The first-order chi connectivity index (χ1) is 9.08. The quantitative estimate of drug-likeness (QED) is 0.905. The van der Waals surface area contributed by atoms with Crippen LogP contribution in [0.25, 0.3) is 0 Å². The molecule has 0 fully saturated rings. The van der Waals surface area contributed by atoms with Crippen molar-refractivity contribution >= 4 is 17.6 Å². The number of anilines is 1. The molecule has 0 aromatic heterocycles. The normalized spacial score (nSPS) is 17.9. The molecule has 4 heteroatoms. The molecule has 0 saturated carbocycles. The van der Waals surface area contributed by atoms with E-state index in [1.165, 1.54) is 5.56 Å². The number of fused-ring (bicyclic) bond motifs is 1. The van der Waals surface area contributed by atoms with Gasteiger partial charge in [0.05, 0.1) is 0 Å². The Labute approximate surface area is 113 Å². The lowest BCUT2D eigenvalue weighted by Crippen LogP contribution is -2.39. The summed E-state index contributed by atoms with van der Waals surface area (Å²) in [7, 11) is 0. The highest BCUT2D eigenvalue weighted by molar-refractivity contribution is 5.94. The fourth-order valence-electron chi connectivity index (χ4n) is 2.56. The second-order valence-corrected chi connectivity index (χ2v) is 5.19. The summed E-state index contributed by atoms with van der Waals surface area (Å²) in [4.78, 5) is 24.5. The Hall–Kier alpha value is -1.84. The van der Waals surface area contributed by atoms with Crippen LogP contribution in [0.1, 0.15) is 31.7 Å². The van der Waals surface area contributed by atoms with Gasteiger partial charge >= 0.3 is 5.97 Å². The number of rotatable bonds is 4. The smallest absolute Gasteiger partial charge is 0.303 e. The minimum absolute atomic E-state index is 0.0280. The molecule has 1 aromatic rings. The molecule has 1 atom stereocenters. The lowest BCUT2D eigenvalue weighted by Gasteiger charge is -2.33. The molecule has 1 N–H and O–H groups in total. The zero-order valence-corrected chi connectivity index (χ0v) is 11.1. The number of carboxylic acid groups (broad SMARTS) is 1. The molecule has 0 aliphatic carbocycles. The number of carbonyl (C=O) groups excluding carboxylic acids is 1. The molecule has 1 aliphatic rings. The van der Waals surface area contributed by atoms with Gasteiger partial charge in [-0.2, -0.15) is 0 Å². The van der Waals surface area contributed by atoms with Crippen LogP contribution >= 0.6 is 0 Å². The molecule has 0 spiro atoms. The molecule has 1 aromatic carbocycles. The minimum Gasteiger partial charge on any atom is -0.481 e. The molecule has 19 heavy (non-hydrogen) atoms. The van der Waals surface area contributed by atoms with Crippen molar-refractivity contribution in [1.82, 2.24) is 0 Å². The fraction of sp³-hybridized carbons (Fsp3) is 0.467. The van der Waals surface area contributed by atoms with Gasteiger partial charge in [-0.3, -0.25) is 9.59 Å². The third-order valence-corrected chi connectivity index (χ3v) is 3.43. The minimum atomic E-state index is -0.847. The molecule has 2 rings (SSSR count). The van der Waals surface area contributed by atoms with Crippen molar-refractivity contribution in [3.63, 3.8) is 0 Å².